The van der Waals surface area contributed by atoms with Crippen molar-refractivity contribution in [3.63, 3.8) is 0 Å². The zero-order valence-corrected chi connectivity index (χ0v) is 6.44. The van der Waals surface area contributed by atoms with Crippen LogP contribution in [0.5, 0.6) is 0 Å². The third-order valence-electron chi connectivity index (χ3n) is 2.06. The minimum Gasteiger partial charge on any atom is -0.314 e. The molecule has 10 heavy (non-hydrogen) atoms. The molecule has 0 aromatic heterocycles. The minimum absolute atomic E-state index is 0.124. The monoisotopic (exact) mass is 146 g/mol. The Balaban J connectivity index is 2.34. The van der Waals surface area contributed by atoms with Crippen molar-refractivity contribution in [2.24, 2.45) is 0 Å². The average molecular weight is 146 g/mol. The lowest BCUT2D eigenvalue weighted by Crippen LogP contribution is -2.52. The van der Waals surface area contributed by atoms with Crippen LogP contribution in [0.1, 0.15) is 6.92 Å². The van der Waals surface area contributed by atoms with Gasteiger partial charge in [-0.3, -0.25) is 4.90 Å². The fourth-order valence-corrected chi connectivity index (χ4v) is 1.37. The average Bonchev–Trinajstić information content (AvgIpc) is 2.04. The van der Waals surface area contributed by atoms with Gasteiger partial charge in [-0.1, -0.05) is 6.92 Å². The molecule has 60 valence electrons. The standard InChI is InChI=1S/C7H15FN2/c1-2-10-4-3-9-6-7(10)5-8/h7,9H,2-6H2,1H3. The lowest BCUT2D eigenvalue weighted by atomic mass is 10.2. The minimum atomic E-state index is -0.221. The lowest BCUT2D eigenvalue weighted by molar-refractivity contribution is 0.143. The van der Waals surface area contributed by atoms with Gasteiger partial charge >= 0.3 is 0 Å². The maximum Gasteiger partial charge on any atom is 0.106 e. The molecule has 0 amide bonds. The number of piperazine rings is 1. The molecule has 0 saturated carbocycles. The lowest BCUT2D eigenvalue weighted by Gasteiger charge is -2.33. The molecule has 1 rings (SSSR count). The highest BCUT2D eigenvalue weighted by Crippen LogP contribution is 2.02. The predicted octanol–water partition coefficient (Wildman–Crippen LogP) is 0.250. The van der Waals surface area contributed by atoms with Gasteiger partial charge in [0.05, 0.1) is 6.04 Å². The highest BCUT2D eigenvalue weighted by molar-refractivity contribution is 4.77. The second-order valence-electron chi connectivity index (χ2n) is 2.64. The number of rotatable bonds is 2. The molecule has 0 aliphatic carbocycles. The highest BCUT2D eigenvalue weighted by Gasteiger charge is 2.19. The maximum absolute atomic E-state index is 12.2. The first kappa shape index (κ1) is 7.95. The fraction of sp³-hybridized carbons (Fsp3) is 1.00. The largest absolute Gasteiger partial charge is 0.314 e. The number of hydrogen-bond donors (Lipinski definition) is 1. The molecule has 1 N–H and O–H groups in total. The topological polar surface area (TPSA) is 15.3 Å². The van der Waals surface area contributed by atoms with Gasteiger partial charge in [0, 0.05) is 19.6 Å². The van der Waals surface area contributed by atoms with Crippen LogP contribution >= 0.6 is 0 Å². The Hall–Kier alpha value is -0.150. The van der Waals surface area contributed by atoms with Crippen LogP contribution in [-0.2, 0) is 0 Å². The van der Waals surface area contributed by atoms with Crippen molar-refractivity contribution < 1.29 is 4.39 Å². The smallest absolute Gasteiger partial charge is 0.106 e. The molecule has 1 saturated heterocycles. The Kier molecular flexibility index (Phi) is 3.09. The van der Waals surface area contributed by atoms with Gasteiger partial charge in [0.25, 0.3) is 0 Å². The van der Waals surface area contributed by atoms with Crippen molar-refractivity contribution in [3.8, 4) is 0 Å². The first-order valence-corrected chi connectivity index (χ1v) is 3.89. The molecular formula is C7H15FN2. The summed E-state index contributed by atoms with van der Waals surface area (Å²) in [6.07, 6.45) is 0. The van der Waals surface area contributed by atoms with Crippen LogP contribution in [0.3, 0.4) is 0 Å². The van der Waals surface area contributed by atoms with E-state index in [1.165, 1.54) is 0 Å². The normalized spacial score (nSPS) is 28.8. The Morgan fingerprint density at radius 2 is 2.50 bits per heavy atom. The summed E-state index contributed by atoms with van der Waals surface area (Å²) in [6.45, 7) is 5.63. The molecule has 1 heterocycles. The predicted molar refractivity (Wildman–Crippen MR) is 39.9 cm³/mol. The maximum atomic E-state index is 12.2. The zero-order chi connectivity index (χ0) is 7.40. The summed E-state index contributed by atoms with van der Waals surface area (Å²) in [5.74, 6) is 0. The molecule has 0 spiro atoms. The molecule has 0 radical (unpaired) electrons. The van der Waals surface area contributed by atoms with Gasteiger partial charge in [0.2, 0.25) is 0 Å². The summed E-state index contributed by atoms with van der Waals surface area (Å²) in [5.41, 5.74) is 0. The van der Waals surface area contributed by atoms with Gasteiger partial charge in [-0.2, -0.15) is 0 Å². The number of likely N-dealkylation sites (N-methyl/N-ethyl adjacent to an activating group) is 1. The Morgan fingerprint density at radius 3 is 3.00 bits per heavy atom. The summed E-state index contributed by atoms with van der Waals surface area (Å²) in [6, 6.07) is 0.124. The Morgan fingerprint density at radius 1 is 1.70 bits per heavy atom. The summed E-state index contributed by atoms with van der Waals surface area (Å²) in [5, 5.41) is 3.17. The van der Waals surface area contributed by atoms with Crippen LogP contribution in [0, 0.1) is 0 Å². The van der Waals surface area contributed by atoms with E-state index < -0.39 is 0 Å². The number of nitrogens with zero attached hydrogens (tertiary/aromatic N) is 1. The van der Waals surface area contributed by atoms with Crippen LogP contribution < -0.4 is 5.32 Å². The number of alkyl halides is 1. The van der Waals surface area contributed by atoms with Crippen LogP contribution in [0.2, 0.25) is 0 Å². The first-order chi connectivity index (χ1) is 4.88. The quantitative estimate of drug-likeness (QED) is 0.600. The van der Waals surface area contributed by atoms with Crippen molar-refractivity contribution in [2.45, 2.75) is 13.0 Å². The molecule has 0 bridgehead atoms. The zero-order valence-electron chi connectivity index (χ0n) is 6.44. The number of halogens is 1. The van der Waals surface area contributed by atoms with Crippen molar-refractivity contribution in [1.29, 1.82) is 0 Å². The SMILES string of the molecule is CCN1CCNCC1CF. The summed E-state index contributed by atoms with van der Waals surface area (Å²) >= 11 is 0. The molecule has 3 heteroatoms. The molecule has 0 aromatic carbocycles. The molecule has 2 nitrogen and oxygen atoms in total. The second kappa shape index (κ2) is 3.88. The van der Waals surface area contributed by atoms with Gasteiger partial charge in [-0.05, 0) is 6.54 Å². The van der Waals surface area contributed by atoms with Crippen molar-refractivity contribution in [2.75, 3.05) is 32.9 Å². The van der Waals surface area contributed by atoms with E-state index >= 15 is 0 Å². The van der Waals surface area contributed by atoms with E-state index in [0.29, 0.717) is 0 Å². The summed E-state index contributed by atoms with van der Waals surface area (Å²) < 4.78 is 12.2. The molecular weight excluding hydrogens is 131 g/mol. The van der Waals surface area contributed by atoms with Gasteiger partial charge in [0.1, 0.15) is 6.67 Å². The number of hydrogen-bond acceptors (Lipinski definition) is 2. The molecule has 0 aromatic rings. The number of nitrogens with one attached hydrogen (secondary N) is 1. The van der Waals surface area contributed by atoms with E-state index in [1.807, 2.05) is 0 Å². The van der Waals surface area contributed by atoms with E-state index in [4.69, 9.17) is 0 Å². The molecule has 1 aliphatic rings. The fourth-order valence-electron chi connectivity index (χ4n) is 1.37. The molecule has 1 atom stereocenters. The Labute approximate surface area is 61.4 Å². The van der Waals surface area contributed by atoms with Crippen LogP contribution in [0.25, 0.3) is 0 Å². The van der Waals surface area contributed by atoms with Crippen LogP contribution in [0.4, 0.5) is 4.39 Å². The third-order valence-corrected chi connectivity index (χ3v) is 2.06. The van der Waals surface area contributed by atoms with Gasteiger partial charge < -0.3 is 5.32 Å². The van der Waals surface area contributed by atoms with Gasteiger partial charge in [0.15, 0.2) is 0 Å². The van der Waals surface area contributed by atoms with E-state index in [1.54, 1.807) is 0 Å². The molecule has 1 fully saturated rings. The van der Waals surface area contributed by atoms with Crippen molar-refractivity contribution >= 4 is 0 Å². The van der Waals surface area contributed by atoms with Crippen LogP contribution in [-0.4, -0.2) is 43.8 Å². The third kappa shape index (κ3) is 1.67. The van der Waals surface area contributed by atoms with Gasteiger partial charge in [-0.25, -0.2) is 4.39 Å². The summed E-state index contributed by atoms with van der Waals surface area (Å²) in [4.78, 5) is 2.18. The second-order valence-corrected chi connectivity index (χ2v) is 2.64. The summed E-state index contributed by atoms with van der Waals surface area (Å²) in [7, 11) is 0. The van der Waals surface area contributed by atoms with E-state index in [9.17, 15) is 4.39 Å². The van der Waals surface area contributed by atoms with E-state index in [0.717, 1.165) is 26.2 Å². The Bertz CT molecular complexity index is 85.6. The van der Waals surface area contributed by atoms with Crippen LogP contribution in [0.15, 0.2) is 0 Å². The first-order valence-electron chi connectivity index (χ1n) is 3.89. The van der Waals surface area contributed by atoms with E-state index in [2.05, 4.69) is 17.1 Å². The van der Waals surface area contributed by atoms with E-state index in [-0.39, 0.29) is 12.7 Å². The highest BCUT2D eigenvalue weighted by atomic mass is 19.1. The van der Waals surface area contributed by atoms with Gasteiger partial charge in [-0.15, -0.1) is 0 Å². The van der Waals surface area contributed by atoms with Crippen molar-refractivity contribution in [3.05, 3.63) is 0 Å². The molecule has 1 unspecified atom stereocenters. The van der Waals surface area contributed by atoms with Crippen molar-refractivity contribution in [1.82, 2.24) is 10.2 Å². The molecule has 1 aliphatic heterocycles.